The first-order valence-corrected chi connectivity index (χ1v) is 6.74. The van der Waals surface area contributed by atoms with E-state index in [0.717, 1.165) is 30.0 Å². The molecule has 0 atom stereocenters. The summed E-state index contributed by atoms with van der Waals surface area (Å²) in [7, 11) is 0. The third-order valence-corrected chi connectivity index (χ3v) is 4.08. The van der Waals surface area contributed by atoms with Crippen LogP contribution in [0.3, 0.4) is 0 Å². The fraction of sp³-hybridized carbons (Fsp3) is 0.308. The zero-order valence-corrected chi connectivity index (χ0v) is 11.3. The molecule has 0 amide bonds. The minimum absolute atomic E-state index is 0.516. The second kappa shape index (κ2) is 4.48. The molecule has 0 unspecified atom stereocenters. The smallest absolute Gasteiger partial charge is 0.130 e. The molecule has 1 aromatic heterocycles. The standard InChI is InChI=1S/C13H13Cl2N3/c14-10-6-5-8(7-11(10)15)18-13(16)9-3-1-2-4-12(9)17-18/h5-7H,1-4,16H2. The Hall–Kier alpha value is -1.19. The summed E-state index contributed by atoms with van der Waals surface area (Å²) in [4.78, 5) is 0. The third-order valence-electron chi connectivity index (χ3n) is 3.34. The number of halogens is 2. The number of aromatic nitrogens is 2. The SMILES string of the molecule is Nc1c2c(nn1-c1ccc(Cl)c(Cl)c1)CCCC2. The zero-order valence-electron chi connectivity index (χ0n) is 9.79. The number of benzene rings is 1. The maximum absolute atomic E-state index is 6.17. The molecule has 2 aromatic rings. The van der Waals surface area contributed by atoms with Crippen LogP contribution >= 0.6 is 23.2 Å². The van der Waals surface area contributed by atoms with E-state index in [1.54, 1.807) is 16.8 Å². The second-order valence-electron chi connectivity index (χ2n) is 4.53. The summed E-state index contributed by atoms with van der Waals surface area (Å²) < 4.78 is 1.76. The number of rotatable bonds is 1. The maximum atomic E-state index is 6.17. The lowest BCUT2D eigenvalue weighted by atomic mass is 9.98. The highest BCUT2D eigenvalue weighted by molar-refractivity contribution is 6.42. The Balaban J connectivity index is 2.11. The molecule has 1 aliphatic carbocycles. The number of hydrogen-bond donors (Lipinski definition) is 1. The minimum atomic E-state index is 0.516. The van der Waals surface area contributed by atoms with Crippen molar-refractivity contribution in [2.45, 2.75) is 25.7 Å². The van der Waals surface area contributed by atoms with Crippen LogP contribution in [0.15, 0.2) is 18.2 Å². The van der Waals surface area contributed by atoms with Crippen LogP contribution in [0.1, 0.15) is 24.1 Å². The molecule has 0 bridgehead atoms. The zero-order chi connectivity index (χ0) is 12.7. The fourth-order valence-electron chi connectivity index (χ4n) is 2.39. The van der Waals surface area contributed by atoms with E-state index in [9.17, 15) is 0 Å². The molecule has 2 N–H and O–H groups in total. The van der Waals surface area contributed by atoms with Crippen molar-refractivity contribution >= 4 is 29.0 Å². The van der Waals surface area contributed by atoms with Gasteiger partial charge in [0.25, 0.3) is 0 Å². The molecule has 94 valence electrons. The highest BCUT2D eigenvalue weighted by Crippen LogP contribution is 2.30. The van der Waals surface area contributed by atoms with Crippen LogP contribution < -0.4 is 5.73 Å². The molecule has 18 heavy (non-hydrogen) atoms. The number of aryl methyl sites for hydroxylation is 1. The van der Waals surface area contributed by atoms with E-state index in [1.165, 1.54) is 18.4 Å². The number of nitrogens with zero attached hydrogens (tertiary/aromatic N) is 2. The van der Waals surface area contributed by atoms with Crippen LogP contribution in [0.25, 0.3) is 5.69 Å². The lowest BCUT2D eigenvalue weighted by molar-refractivity contribution is 0.671. The molecule has 3 nitrogen and oxygen atoms in total. The van der Waals surface area contributed by atoms with Gasteiger partial charge in [0.15, 0.2) is 0 Å². The van der Waals surface area contributed by atoms with E-state index in [2.05, 4.69) is 5.10 Å². The van der Waals surface area contributed by atoms with Crippen molar-refractivity contribution in [1.29, 1.82) is 0 Å². The van der Waals surface area contributed by atoms with Gasteiger partial charge in [0, 0.05) is 5.56 Å². The van der Waals surface area contributed by atoms with Gasteiger partial charge in [-0.2, -0.15) is 5.10 Å². The lowest BCUT2D eigenvalue weighted by Gasteiger charge is -2.08. The average molecular weight is 282 g/mol. The fourth-order valence-corrected chi connectivity index (χ4v) is 2.68. The molecule has 5 heteroatoms. The number of nitrogen functional groups attached to an aromatic ring is 1. The van der Waals surface area contributed by atoms with E-state index < -0.39 is 0 Å². The van der Waals surface area contributed by atoms with Crippen LogP contribution in [0.5, 0.6) is 0 Å². The summed E-state index contributed by atoms with van der Waals surface area (Å²) in [5.41, 5.74) is 9.33. The van der Waals surface area contributed by atoms with Crippen LogP contribution in [-0.4, -0.2) is 9.78 Å². The van der Waals surface area contributed by atoms with Gasteiger partial charge in [-0.05, 0) is 43.9 Å². The quantitative estimate of drug-likeness (QED) is 0.867. The molecule has 1 aliphatic rings. The van der Waals surface area contributed by atoms with E-state index in [0.29, 0.717) is 10.0 Å². The van der Waals surface area contributed by atoms with Gasteiger partial charge in [0.05, 0.1) is 21.4 Å². The van der Waals surface area contributed by atoms with Crippen molar-refractivity contribution in [3.63, 3.8) is 0 Å². The third kappa shape index (κ3) is 1.88. The van der Waals surface area contributed by atoms with Crippen molar-refractivity contribution in [1.82, 2.24) is 9.78 Å². The van der Waals surface area contributed by atoms with Crippen molar-refractivity contribution < 1.29 is 0 Å². The summed E-state index contributed by atoms with van der Waals surface area (Å²) in [6.45, 7) is 0. The van der Waals surface area contributed by atoms with Crippen molar-refractivity contribution in [2.24, 2.45) is 0 Å². The first-order chi connectivity index (χ1) is 8.66. The normalized spacial score (nSPS) is 14.6. The molecule has 3 rings (SSSR count). The van der Waals surface area contributed by atoms with Gasteiger partial charge in [-0.15, -0.1) is 0 Å². The Kier molecular flexibility index (Phi) is 2.96. The van der Waals surface area contributed by atoms with Crippen LogP contribution in [0, 0.1) is 0 Å². The average Bonchev–Trinajstić information content (AvgIpc) is 2.71. The molecule has 1 heterocycles. The molecule has 1 aromatic carbocycles. The Bertz CT molecular complexity index is 605. The summed E-state index contributed by atoms with van der Waals surface area (Å²) in [5.74, 6) is 0.725. The second-order valence-corrected chi connectivity index (χ2v) is 5.34. The lowest BCUT2D eigenvalue weighted by Crippen LogP contribution is -2.03. The van der Waals surface area contributed by atoms with Crippen LogP contribution in [0.4, 0.5) is 5.82 Å². The van der Waals surface area contributed by atoms with Gasteiger partial charge in [0.1, 0.15) is 5.82 Å². The largest absolute Gasteiger partial charge is 0.383 e. The van der Waals surface area contributed by atoms with Crippen molar-refractivity contribution in [3.05, 3.63) is 39.5 Å². The van der Waals surface area contributed by atoms with Crippen LogP contribution in [-0.2, 0) is 12.8 Å². The molecule has 0 saturated heterocycles. The summed E-state index contributed by atoms with van der Waals surface area (Å²) in [6, 6.07) is 5.43. The monoisotopic (exact) mass is 281 g/mol. The Morgan fingerprint density at radius 3 is 2.61 bits per heavy atom. The predicted molar refractivity (Wildman–Crippen MR) is 74.6 cm³/mol. The van der Waals surface area contributed by atoms with E-state index >= 15 is 0 Å². The summed E-state index contributed by atoms with van der Waals surface area (Å²) in [5, 5.41) is 5.63. The predicted octanol–water partition coefficient (Wildman–Crippen LogP) is 3.64. The first kappa shape index (κ1) is 11.9. The molecular formula is C13H13Cl2N3. The van der Waals surface area contributed by atoms with Gasteiger partial charge in [0.2, 0.25) is 0 Å². The molecule has 0 saturated carbocycles. The molecular weight excluding hydrogens is 269 g/mol. The van der Waals surface area contributed by atoms with E-state index in [-0.39, 0.29) is 0 Å². The highest BCUT2D eigenvalue weighted by Gasteiger charge is 2.19. The summed E-state index contributed by atoms with van der Waals surface area (Å²) in [6.07, 6.45) is 4.39. The number of anilines is 1. The van der Waals surface area contributed by atoms with E-state index in [1.807, 2.05) is 6.07 Å². The highest BCUT2D eigenvalue weighted by atomic mass is 35.5. The Morgan fingerprint density at radius 2 is 1.89 bits per heavy atom. The van der Waals surface area contributed by atoms with Crippen molar-refractivity contribution in [2.75, 3.05) is 5.73 Å². The first-order valence-electron chi connectivity index (χ1n) is 5.98. The number of fused-ring (bicyclic) bond motifs is 1. The van der Waals surface area contributed by atoms with Gasteiger partial charge < -0.3 is 5.73 Å². The van der Waals surface area contributed by atoms with Gasteiger partial charge in [-0.3, -0.25) is 0 Å². The van der Waals surface area contributed by atoms with Gasteiger partial charge >= 0.3 is 0 Å². The molecule has 0 radical (unpaired) electrons. The minimum Gasteiger partial charge on any atom is -0.383 e. The molecule has 0 fully saturated rings. The van der Waals surface area contributed by atoms with Crippen LogP contribution in [0.2, 0.25) is 10.0 Å². The topological polar surface area (TPSA) is 43.8 Å². The molecule has 0 aliphatic heterocycles. The molecule has 0 spiro atoms. The number of nitrogens with two attached hydrogens (primary N) is 1. The van der Waals surface area contributed by atoms with Crippen molar-refractivity contribution in [3.8, 4) is 5.69 Å². The Morgan fingerprint density at radius 1 is 1.11 bits per heavy atom. The number of hydrogen-bond acceptors (Lipinski definition) is 2. The van der Waals surface area contributed by atoms with E-state index in [4.69, 9.17) is 28.9 Å². The maximum Gasteiger partial charge on any atom is 0.130 e. The van der Waals surface area contributed by atoms with Gasteiger partial charge in [-0.1, -0.05) is 23.2 Å². The summed E-state index contributed by atoms with van der Waals surface area (Å²) >= 11 is 11.9. The Labute approximate surface area is 115 Å². The van der Waals surface area contributed by atoms with Gasteiger partial charge in [-0.25, -0.2) is 4.68 Å².